The normalized spacial score (nSPS) is 11.5. The van der Waals surface area contributed by atoms with Gasteiger partial charge in [0.25, 0.3) is 0 Å². The summed E-state index contributed by atoms with van der Waals surface area (Å²) in [5, 5.41) is 19.2. The third kappa shape index (κ3) is 3.12. The van der Waals surface area contributed by atoms with Crippen molar-refractivity contribution in [3.8, 4) is 17.1 Å². The number of unbranched alkanes of at least 4 members (excludes halogenated alkanes) is 1. The Morgan fingerprint density at radius 2 is 1.93 bits per heavy atom. The van der Waals surface area contributed by atoms with E-state index in [4.69, 9.17) is 19.8 Å². The Labute approximate surface area is 156 Å². The number of ether oxygens (including phenoxy) is 1. The summed E-state index contributed by atoms with van der Waals surface area (Å²) in [7, 11) is 1.64. The van der Waals surface area contributed by atoms with Gasteiger partial charge < -0.3 is 9.84 Å². The minimum Gasteiger partial charge on any atom is -0.497 e. The van der Waals surface area contributed by atoms with Crippen molar-refractivity contribution >= 4 is 16.7 Å². The highest BCUT2D eigenvalue weighted by atomic mass is 16.5. The maximum atomic E-state index is 9.29. The van der Waals surface area contributed by atoms with E-state index in [1.807, 2.05) is 28.8 Å². The molecular formula is C19H22N6O2. The topological polar surface area (TPSA) is 90.4 Å². The standard InChI is InChI=1S/C19H22N6O2/c1-3-4-5-16-21-18-15(12-20-24(18)10-11-26)19-22-17(23-25(16)19)13-6-8-14(27-2)9-7-13/h6-9,12,26H,3-5,10-11H2,1-2H3. The Morgan fingerprint density at radius 3 is 2.63 bits per heavy atom. The van der Waals surface area contributed by atoms with Gasteiger partial charge in [-0.2, -0.15) is 9.61 Å². The fourth-order valence-corrected chi connectivity index (χ4v) is 3.11. The van der Waals surface area contributed by atoms with Crippen LogP contribution >= 0.6 is 0 Å². The maximum Gasteiger partial charge on any atom is 0.182 e. The van der Waals surface area contributed by atoms with Gasteiger partial charge >= 0.3 is 0 Å². The zero-order chi connectivity index (χ0) is 18.8. The highest BCUT2D eigenvalue weighted by molar-refractivity contribution is 5.89. The number of aromatic nitrogens is 6. The number of hydrogen-bond acceptors (Lipinski definition) is 6. The summed E-state index contributed by atoms with van der Waals surface area (Å²) in [6.07, 6.45) is 4.62. The average Bonchev–Trinajstić information content (AvgIpc) is 3.31. The van der Waals surface area contributed by atoms with Crippen molar-refractivity contribution in [2.45, 2.75) is 32.7 Å². The largest absolute Gasteiger partial charge is 0.497 e. The van der Waals surface area contributed by atoms with Crippen LogP contribution in [0.5, 0.6) is 5.75 Å². The molecule has 0 saturated carbocycles. The summed E-state index contributed by atoms with van der Waals surface area (Å²) < 4.78 is 8.76. The lowest BCUT2D eigenvalue weighted by Gasteiger charge is -2.05. The second-order valence-corrected chi connectivity index (χ2v) is 6.36. The SMILES string of the molecule is CCCCc1nc2c(cnn2CCO)c2nc(-c3ccc(OC)cc3)nn12. The number of aliphatic hydroxyl groups excluding tert-OH is 1. The van der Waals surface area contributed by atoms with Crippen LogP contribution in [0.15, 0.2) is 30.5 Å². The molecule has 4 aromatic rings. The molecule has 0 spiro atoms. The van der Waals surface area contributed by atoms with Crippen LogP contribution in [0.4, 0.5) is 0 Å². The van der Waals surface area contributed by atoms with Gasteiger partial charge in [0.15, 0.2) is 17.1 Å². The van der Waals surface area contributed by atoms with Crippen molar-refractivity contribution in [1.29, 1.82) is 0 Å². The minimum atomic E-state index is 0.0116. The number of methoxy groups -OCH3 is 1. The van der Waals surface area contributed by atoms with E-state index in [1.54, 1.807) is 18.0 Å². The van der Waals surface area contributed by atoms with Crippen LogP contribution in [0.25, 0.3) is 28.1 Å². The molecular weight excluding hydrogens is 344 g/mol. The first-order valence-electron chi connectivity index (χ1n) is 9.11. The molecule has 0 radical (unpaired) electrons. The number of aliphatic hydroxyl groups is 1. The Balaban J connectivity index is 1.89. The van der Waals surface area contributed by atoms with Gasteiger partial charge in [-0.25, -0.2) is 14.6 Å². The fraction of sp³-hybridized carbons (Fsp3) is 0.368. The van der Waals surface area contributed by atoms with Gasteiger partial charge in [0.05, 0.1) is 31.8 Å². The molecule has 0 atom stereocenters. The van der Waals surface area contributed by atoms with Crippen LogP contribution < -0.4 is 4.74 Å². The number of fused-ring (bicyclic) bond motifs is 3. The molecule has 0 amide bonds. The quantitative estimate of drug-likeness (QED) is 0.540. The van der Waals surface area contributed by atoms with Crippen molar-refractivity contribution in [2.75, 3.05) is 13.7 Å². The minimum absolute atomic E-state index is 0.0116. The first kappa shape index (κ1) is 17.4. The predicted molar refractivity (Wildman–Crippen MR) is 102 cm³/mol. The maximum absolute atomic E-state index is 9.29. The molecule has 0 unspecified atom stereocenters. The van der Waals surface area contributed by atoms with Crippen LogP contribution in [0.1, 0.15) is 25.6 Å². The third-order valence-electron chi connectivity index (χ3n) is 4.55. The molecule has 3 aromatic heterocycles. The molecule has 0 aliphatic carbocycles. The van der Waals surface area contributed by atoms with E-state index in [0.29, 0.717) is 12.4 Å². The van der Waals surface area contributed by atoms with Crippen molar-refractivity contribution in [3.63, 3.8) is 0 Å². The summed E-state index contributed by atoms with van der Waals surface area (Å²) in [6, 6.07) is 7.68. The average molecular weight is 366 g/mol. The molecule has 0 saturated heterocycles. The van der Waals surface area contributed by atoms with Gasteiger partial charge in [0.1, 0.15) is 11.6 Å². The lowest BCUT2D eigenvalue weighted by molar-refractivity contribution is 0.271. The van der Waals surface area contributed by atoms with Crippen LogP contribution in [-0.2, 0) is 13.0 Å². The molecule has 0 bridgehead atoms. The van der Waals surface area contributed by atoms with Gasteiger partial charge in [0.2, 0.25) is 0 Å². The third-order valence-corrected chi connectivity index (χ3v) is 4.55. The lowest BCUT2D eigenvalue weighted by Crippen LogP contribution is -2.08. The molecule has 0 fully saturated rings. The molecule has 8 heteroatoms. The molecule has 8 nitrogen and oxygen atoms in total. The van der Waals surface area contributed by atoms with Gasteiger partial charge in [-0.1, -0.05) is 13.3 Å². The first-order valence-corrected chi connectivity index (χ1v) is 9.11. The van der Waals surface area contributed by atoms with E-state index in [2.05, 4.69) is 12.0 Å². The number of benzene rings is 1. The van der Waals surface area contributed by atoms with E-state index in [1.165, 1.54) is 0 Å². The molecule has 1 N–H and O–H groups in total. The summed E-state index contributed by atoms with van der Waals surface area (Å²) in [6.45, 7) is 2.56. The summed E-state index contributed by atoms with van der Waals surface area (Å²) >= 11 is 0. The highest BCUT2D eigenvalue weighted by Crippen LogP contribution is 2.24. The van der Waals surface area contributed by atoms with Crippen LogP contribution in [0.2, 0.25) is 0 Å². The molecule has 0 aliphatic heterocycles. The van der Waals surface area contributed by atoms with Crippen LogP contribution in [0, 0.1) is 0 Å². The van der Waals surface area contributed by atoms with E-state index < -0.39 is 0 Å². The summed E-state index contributed by atoms with van der Waals surface area (Å²) in [5.41, 5.74) is 2.38. The van der Waals surface area contributed by atoms with Gasteiger partial charge in [-0.15, -0.1) is 5.10 Å². The Kier molecular flexibility index (Phi) is 4.72. The first-order chi connectivity index (χ1) is 13.2. The zero-order valence-electron chi connectivity index (χ0n) is 15.5. The fourth-order valence-electron chi connectivity index (χ4n) is 3.11. The molecule has 140 valence electrons. The number of aryl methyl sites for hydroxylation is 1. The number of nitrogens with zero attached hydrogens (tertiary/aromatic N) is 6. The second-order valence-electron chi connectivity index (χ2n) is 6.36. The van der Waals surface area contributed by atoms with E-state index in [9.17, 15) is 5.11 Å². The summed E-state index contributed by atoms with van der Waals surface area (Å²) in [5.74, 6) is 2.28. The molecule has 3 heterocycles. The number of hydrogen-bond donors (Lipinski definition) is 1. The van der Waals surface area contributed by atoms with E-state index in [-0.39, 0.29) is 6.61 Å². The second kappa shape index (κ2) is 7.32. The molecule has 0 aliphatic rings. The Hall–Kier alpha value is -3.00. The Bertz CT molecular complexity index is 1070. The van der Waals surface area contributed by atoms with Crippen molar-refractivity contribution in [2.24, 2.45) is 0 Å². The van der Waals surface area contributed by atoms with Crippen molar-refractivity contribution < 1.29 is 9.84 Å². The van der Waals surface area contributed by atoms with Crippen LogP contribution in [-0.4, -0.2) is 48.2 Å². The molecule has 27 heavy (non-hydrogen) atoms. The smallest absolute Gasteiger partial charge is 0.182 e. The lowest BCUT2D eigenvalue weighted by atomic mass is 10.2. The predicted octanol–water partition coefficient (Wildman–Crippen LogP) is 2.48. The number of rotatable bonds is 7. The van der Waals surface area contributed by atoms with E-state index >= 15 is 0 Å². The van der Waals surface area contributed by atoms with Crippen LogP contribution in [0.3, 0.4) is 0 Å². The van der Waals surface area contributed by atoms with Crippen molar-refractivity contribution in [1.82, 2.24) is 29.4 Å². The zero-order valence-corrected chi connectivity index (χ0v) is 15.5. The van der Waals surface area contributed by atoms with Gasteiger partial charge in [0, 0.05) is 12.0 Å². The summed E-state index contributed by atoms with van der Waals surface area (Å²) in [4.78, 5) is 9.55. The van der Waals surface area contributed by atoms with Gasteiger partial charge in [-0.3, -0.25) is 0 Å². The Morgan fingerprint density at radius 1 is 1.11 bits per heavy atom. The molecule has 1 aromatic carbocycles. The highest BCUT2D eigenvalue weighted by Gasteiger charge is 2.17. The van der Waals surface area contributed by atoms with E-state index in [0.717, 1.165) is 53.1 Å². The van der Waals surface area contributed by atoms with Gasteiger partial charge in [-0.05, 0) is 30.7 Å². The monoisotopic (exact) mass is 366 g/mol. The van der Waals surface area contributed by atoms with Crippen molar-refractivity contribution in [3.05, 3.63) is 36.3 Å². The molecule has 4 rings (SSSR count).